The van der Waals surface area contributed by atoms with Crippen LogP contribution in [0.25, 0.3) is 0 Å². The zero-order valence-corrected chi connectivity index (χ0v) is 13.6. The molecule has 0 radical (unpaired) electrons. The summed E-state index contributed by atoms with van der Waals surface area (Å²) in [5.74, 6) is -0.0381. The van der Waals surface area contributed by atoms with Gasteiger partial charge in [-0.05, 0) is 36.8 Å². The fourth-order valence-corrected chi connectivity index (χ4v) is 2.67. The highest BCUT2D eigenvalue weighted by atomic mass is 35.5. The van der Waals surface area contributed by atoms with Crippen LogP contribution >= 0.6 is 12.4 Å². The molecule has 22 heavy (non-hydrogen) atoms. The molecular weight excluding hydrogens is 304 g/mol. The highest BCUT2D eigenvalue weighted by Gasteiger charge is 2.26. The van der Waals surface area contributed by atoms with E-state index in [-0.39, 0.29) is 30.8 Å². The topological polar surface area (TPSA) is 84.6 Å². The van der Waals surface area contributed by atoms with E-state index >= 15 is 0 Å². The van der Waals surface area contributed by atoms with E-state index in [2.05, 4.69) is 5.32 Å². The molecule has 124 valence electrons. The number of halogens is 1. The van der Waals surface area contributed by atoms with Gasteiger partial charge >= 0.3 is 0 Å². The van der Waals surface area contributed by atoms with E-state index in [9.17, 15) is 9.90 Å². The van der Waals surface area contributed by atoms with Gasteiger partial charge in [0.05, 0.1) is 12.1 Å². The van der Waals surface area contributed by atoms with Crippen molar-refractivity contribution < 1.29 is 14.6 Å². The molecule has 4 N–H and O–H groups in total. The summed E-state index contributed by atoms with van der Waals surface area (Å²) >= 11 is 0. The molecular formula is C16H25ClN2O3. The van der Waals surface area contributed by atoms with Crippen molar-refractivity contribution in [2.75, 3.05) is 19.8 Å². The summed E-state index contributed by atoms with van der Waals surface area (Å²) in [7, 11) is 0. The number of aryl methyl sites for hydroxylation is 1. The minimum atomic E-state index is -0.711. The van der Waals surface area contributed by atoms with Crippen LogP contribution in [0.5, 0.6) is 0 Å². The Labute approximate surface area is 137 Å². The molecule has 2 unspecified atom stereocenters. The van der Waals surface area contributed by atoms with Crippen molar-refractivity contribution in [3.63, 3.8) is 0 Å². The number of carbonyl (C=O) groups excluding carboxylic acids is 1. The number of rotatable bonds is 5. The van der Waals surface area contributed by atoms with Crippen molar-refractivity contribution in [1.82, 2.24) is 5.32 Å². The Kier molecular flexibility index (Phi) is 7.82. The molecule has 6 heteroatoms. The quantitative estimate of drug-likeness (QED) is 0.761. The molecule has 1 aromatic carbocycles. The number of hydrogen-bond donors (Lipinski definition) is 3. The summed E-state index contributed by atoms with van der Waals surface area (Å²) in [6.07, 6.45) is 0.918. The van der Waals surface area contributed by atoms with Crippen molar-refractivity contribution in [2.24, 2.45) is 11.7 Å². The Morgan fingerprint density at radius 2 is 2.05 bits per heavy atom. The highest BCUT2D eigenvalue weighted by Crippen LogP contribution is 2.19. The van der Waals surface area contributed by atoms with Crippen LogP contribution in [-0.2, 0) is 9.53 Å². The number of benzene rings is 1. The number of hydrogen-bond acceptors (Lipinski definition) is 4. The van der Waals surface area contributed by atoms with E-state index < -0.39 is 12.1 Å². The molecule has 5 nitrogen and oxygen atoms in total. The lowest BCUT2D eigenvalue weighted by Gasteiger charge is -2.27. The van der Waals surface area contributed by atoms with E-state index in [1.165, 1.54) is 0 Å². The number of aliphatic hydroxyl groups excluding tert-OH is 1. The van der Waals surface area contributed by atoms with Gasteiger partial charge in [0.1, 0.15) is 0 Å². The molecule has 0 bridgehead atoms. The van der Waals surface area contributed by atoms with Gasteiger partial charge in [-0.1, -0.05) is 24.3 Å². The second kappa shape index (κ2) is 9.10. The van der Waals surface area contributed by atoms with Gasteiger partial charge in [-0.15, -0.1) is 12.4 Å². The van der Waals surface area contributed by atoms with Gasteiger partial charge < -0.3 is 20.9 Å². The third-order valence-electron chi connectivity index (χ3n) is 4.09. The van der Waals surface area contributed by atoms with Gasteiger partial charge in [-0.2, -0.15) is 0 Å². The first kappa shape index (κ1) is 18.9. The maximum Gasteiger partial charge on any atom is 0.237 e. The van der Waals surface area contributed by atoms with Crippen LogP contribution in [0.15, 0.2) is 24.3 Å². The standard InChI is InChI=1S/C16H24N2O3.ClH/c1-11-4-2-3-5-13(11)14(19)10-18-16(20)15(17)12-6-8-21-9-7-12;/h2-5,12,14-15,19H,6-10,17H2,1H3,(H,18,20);1H. The molecule has 1 saturated heterocycles. The molecule has 0 saturated carbocycles. The van der Waals surface area contributed by atoms with Crippen LogP contribution in [0.2, 0.25) is 0 Å². The Morgan fingerprint density at radius 3 is 2.68 bits per heavy atom. The Balaban J connectivity index is 0.00000242. The lowest BCUT2D eigenvalue weighted by atomic mass is 9.92. The molecule has 1 aromatic rings. The Hall–Kier alpha value is -1.14. The molecule has 1 heterocycles. The summed E-state index contributed by atoms with van der Waals surface area (Å²) in [6.45, 7) is 3.45. The Morgan fingerprint density at radius 1 is 1.41 bits per heavy atom. The van der Waals surface area contributed by atoms with E-state index in [0.29, 0.717) is 13.2 Å². The fourth-order valence-electron chi connectivity index (χ4n) is 2.67. The van der Waals surface area contributed by atoms with Gasteiger partial charge in [0.2, 0.25) is 5.91 Å². The third kappa shape index (κ3) is 4.95. The van der Waals surface area contributed by atoms with Crippen molar-refractivity contribution in [3.05, 3.63) is 35.4 Å². The van der Waals surface area contributed by atoms with Gasteiger partial charge in [0, 0.05) is 19.8 Å². The zero-order chi connectivity index (χ0) is 15.2. The number of nitrogens with one attached hydrogen (secondary N) is 1. The van der Waals surface area contributed by atoms with Crippen molar-refractivity contribution in [2.45, 2.75) is 31.9 Å². The van der Waals surface area contributed by atoms with Crippen LogP contribution in [0.4, 0.5) is 0 Å². The number of nitrogens with two attached hydrogens (primary N) is 1. The summed E-state index contributed by atoms with van der Waals surface area (Å²) < 4.78 is 5.27. The monoisotopic (exact) mass is 328 g/mol. The van der Waals surface area contributed by atoms with Crippen LogP contribution in [0.1, 0.15) is 30.1 Å². The molecule has 1 fully saturated rings. The van der Waals surface area contributed by atoms with Crippen LogP contribution < -0.4 is 11.1 Å². The van der Waals surface area contributed by atoms with Gasteiger partial charge in [0.15, 0.2) is 0 Å². The SMILES string of the molecule is Cc1ccccc1C(O)CNC(=O)C(N)C1CCOCC1.Cl. The smallest absolute Gasteiger partial charge is 0.237 e. The molecule has 1 aliphatic rings. The number of aliphatic hydroxyl groups is 1. The largest absolute Gasteiger partial charge is 0.387 e. The first-order valence-corrected chi connectivity index (χ1v) is 7.44. The predicted octanol–water partition coefficient (Wildman–Crippen LogP) is 1.32. The fraction of sp³-hybridized carbons (Fsp3) is 0.562. The number of carbonyl (C=O) groups is 1. The van der Waals surface area contributed by atoms with Crippen molar-refractivity contribution in [1.29, 1.82) is 0 Å². The first-order valence-electron chi connectivity index (χ1n) is 7.44. The Bertz CT molecular complexity index is 478. The maximum absolute atomic E-state index is 12.1. The van der Waals surface area contributed by atoms with E-state index in [1.807, 2.05) is 31.2 Å². The maximum atomic E-state index is 12.1. The number of amides is 1. The minimum Gasteiger partial charge on any atom is -0.387 e. The summed E-state index contributed by atoms with van der Waals surface area (Å²) in [5.41, 5.74) is 7.84. The van der Waals surface area contributed by atoms with Crippen LogP contribution in [-0.4, -0.2) is 36.8 Å². The van der Waals surface area contributed by atoms with Gasteiger partial charge in [-0.3, -0.25) is 4.79 Å². The molecule has 2 atom stereocenters. The molecule has 0 aromatic heterocycles. The van der Waals surface area contributed by atoms with Crippen molar-refractivity contribution in [3.8, 4) is 0 Å². The molecule has 0 aliphatic carbocycles. The summed E-state index contributed by atoms with van der Waals surface area (Å²) in [4.78, 5) is 12.1. The molecule has 1 aliphatic heterocycles. The second-order valence-electron chi connectivity index (χ2n) is 5.59. The summed E-state index contributed by atoms with van der Waals surface area (Å²) in [5, 5.41) is 12.9. The van der Waals surface area contributed by atoms with E-state index in [1.54, 1.807) is 0 Å². The highest BCUT2D eigenvalue weighted by molar-refractivity contribution is 5.85. The molecule has 2 rings (SSSR count). The summed E-state index contributed by atoms with van der Waals surface area (Å²) in [6, 6.07) is 7.07. The average molecular weight is 329 g/mol. The normalized spacial score (nSPS) is 18.1. The van der Waals surface area contributed by atoms with E-state index in [4.69, 9.17) is 10.5 Å². The molecule has 0 spiro atoms. The second-order valence-corrected chi connectivity index (χ2v) is 5.59. The minimum absolute atomic E-state index is 0. The van der Waals surface area contributed by atoms with Crippen LogP contribution in [0, 0.1) is 12.8 Å². The molecule has 1 amide bonds. The lowest BCUT2D eigenvalue weighted by Crippen LogP contribution is -2.48. The van der Waals surface area contributed by atoms with Crippen molar-refractivity contribution >= 4 is 18.3 Å². The average Bonchev–Trinajstić information content (AvgIpc) is 2.52. The van der Waals surface area contributed by atoms with E-state index in [0.717, 1.165) is 24.0 Å². The van der Waals surface area contributed by atoms with Gasteiger partial charge in [-0.25, -0.2) is 0 Å². The zero-order valence-electron chi connectivity index (χ0n) is 12.8. The first-order chi connectivity index (χ1) is 10.1. The predicted molar refractivity (Wildman–Crippen MR) is 87.9 cm³/mol. The van der Waals surface area contributed by atoms with Gasteiger partial charge in [0.25, 0.3) is 0 Å². The van der Waals surface area contributed by atoms with Crippen LogP contribution in [0.3, 0.4) is 0 Å². The lowest BCUT2D eigenvalue weighted by molar-refractivity contribution is -0.124. The third-order valence-corrected chi connectivity index (χ3v) is 4.09. The number of ether oxygens (including phenoxy) is 1.